The van der Waals surface area contributed by atoms with Crippen LogP contribution in [0.2, 0.25) is 0 Å². The summed E-state index contributed by atoms with van der Waals surface area (Å²) in [5.41, 5.74) is 12.8. The molecule has 0 heterocycles. The van der Waals surface area contributed by atoms with Gasteiger partial charge in [0.05, 0.1) is 0 Å². The molecule has 0 saturated heterocycles. The fourth-order valence-corrected chi connectivity index (χ4v) is 3.57. The first-order valence-electron chi connectivity index (χ1n) is 7.35. The number of aryl methyl sites for hydroxylation is 4. The van der Waals surface area contributed by atoms with Crippen LogP contribution in [0.4, 0.5) is 0 Å². The van der Waals surface area contributed by atoms with Crippen LogP contribution in [-0.4, -0.2) is 0 Å². The largest absolute Gasteiger partial charge is 0.0683 e. The van der Waals surface area contributed by atoms with Crippen molar-refractivity contribution in [3.05, 3.63) is 63.2 Å². The Bertz CT molecular complexity index is 707. The van der Waals surface area contributed by atoms with E-state index in [1.165, 1.54) is 50.1 Å². The van der Waals surface area contributed by atoms with Crippen LogP contribution in [0.3, 0.4) is 0 Å². The number of fused-ring (bicyclic) bond motifs is 1. The molecule has 0 amide bonds. The van der Waals surface area contributed by atoms with Gasteiger partial charge >= 0.3 is 0 Å². The molecule has 0 bridgehead atoms. The lowest BCUT2D eigenvalue weighted by molar-refractivity contribution is 1.16. The second-order valence-electron chi connectivity index (χ2n) is 6.26. The van der Waals surface area contributed by atoms with E-state index in [2.05, 4.69) is 65.0 Å². The quantitative estimate of drug-likeness (QED) is 0.632. The van der Waals surface area contributed by atoms with Crippen LogP contribution in [0.1, 0.15) is 40.3 Å². The monoisotopic (exact) mass is 262 g/mol. The highest BCUT2D eigenvalue weighted by molar-refractivity contribution is 5.84. The van der Waals surface area contributed by atoms with Crippen LogP contribution in [0, 0.1) is 27.7 Å². The van der Waals surface area contributed by atoms with Gasteiger partial charge < -0.3 is 0 Å². The molecule has 1 aliphatic rings. The zero-order chi connectivity index (χ0) is 14.4. The summed E-state index contributed by atoms with van der Waals surface area (Å²) in [5.74, 6) is 0. The number of rotatable bonds is 1. The molecule has 2 aromatic carbocycles. The van der Waals surface area contributed by atoms with Crippen LogP contribution in [0.25, 0.3) is 17.2 Å². The van der Waals surface area contributed by atoms with Crippen molar-refractivity contribution in [2.24, 2.45) is 0 Å². The number of hydrogen-bond acceptors (Lipinski definition) is 0. The lowest BCUT2D eigenvalue weighted by atomic mass is 9.88. The maximum absolute atomic E-state index is 2.37. The van der Waals surface area contributed by atoms with E-state index in [9.17, 15) is 0 Å². The minimum absolute atomic E-state index is 1.11. The summed E-state index contributed by atoms with van der Waals surface area (Å²) < 4.78 is 0. The van der Waals surface area contributed by atoms with Gasteiger partial charge in [0.2, 0.25) is 0 Å². The van der Waals surface area contributed by atoms with Crippen LogP contribution >= 0.6 is 0 Å². The molecule has 1 aliphatic carbocycles. The first-order valence-corrected chi connectivity index (χ1v) is 7.35. The molecule has 0 nitrogen and oxygen atoms in total. The lowest BCUT2D eigenvalue weighted by Crippen LogP contribution is -1.96. The maximum Gasteiger partial charge on any atom is -0.00577 e. The van der Waals surface area contributed by atoms with Crippen LogP contribution < -0.4 is 0 Å². The second-order valence-corrected chi connectivity index (χ2v) is 6.26. The molecule has 0 fully saturated rings. The number of allylic oxidation sites excluding steroid dienone is 1. The molecule has 102 valence electrons. The highest BCUT2D eigenvalue weighted by atomic mass is 14.2. The Morgan fingerprint density at radius 2 is 1.45 bits per heavy atom. The third kappa shape index (κ3) is 2.00. The molecular weight excluding hydrogens is 240 g/mol. The van der Waals surface area contributed by atoms with Crippen molar-refractivity contribution < 1.29 is 0 Å². The van der Waals surface area contributed by atoms with Crippen molar-refractivity contribution >= 4 is 6.08 Å². The predicted molar refractivity (Wildman–Crippen MR) is 88.2 cm³/mol. The fraction of sp³-hybridized carbons (Fsp3) is 0.300. The molecule has 0 saturated carbocycles. The average Bonchev–Trinajstić information content (AvgIpc) is 2.73. The molecule has 20 heavy (non-hydrogen) atoms. The van der Waals surface area contributed by atoms with E-state index in [4.69, 9.17) is 0 Å². The fourth-order valence-electron chi connectivity index (χ4n) is 3.57. The molecule has 2 aromatic rings. The topological polar surface area (TPSA) is 0 Å². The van der Waals surface area contributed by atoms with Crippen molar-refractivity contribution in [3.63, 3.8) is 0 Å². The van der Waals surface area contributed by atoms with Gasteiger partial charge in [-0.05, 0) is 80.0 Å². The van der Waals surface area contributed by atoms with Crippen molar-refractivity contribution in [1.82, 2.24) is 0 Å². The third-order valence-electron chi connectivity index (χ3n) is 4.38. The Morgan fingerprint density at radius 1 is 0.800 bits per heavy atom. The molecule has 3 rings (SSSR count). The molecule has 0 aliphatic heterocycles. The van der Waals surface area contributed by atoms with E-state index >= 15 is 0 Å². The zero-order valence-electron chi connectivity index (χ0n) is 13.1. The van der Waals surface area contributed by atoms with Crippen LogP contribution in [-0.2, 0) is 6.42 Å². The van der Waals surface area contributed by atoms with Crippen molar-refractivity contribution in [2.45, 2.75) is 41.0 Å². The van der Waals surface area contributed by atoms with Crippen LogP contribution in [0.15, 0.2) is 29.8 Å². The Morgan fingerprint density at radius 3 is 2.10 bits per heavy atom. The number of benzene rings is 2. The molecule has 0 unspecified atom stereocenters. The first kappa shape index (κ1) is 13.2. The molecule has 0 atom stereocenters. The number of hydrogen-bond donors (Lipinski definition) is 0. The van der Waals surface area contributed by atoms with Crippen molar-refractivity contribution in [2.75, 3.05) is 0 Å². The predicted octanol–water partition coefficient (Wildman–Crippen LogP) is 5.55. The highest BCUT2D eigenvalue weighted by Gasteiger charge is 2.18. The second kappa shape index (κ2) is 4.63. The van der Waals surface area contributed by atoms with Gasteiger partial charge in [0.1, 0.15) is 0 Å². The summed E-state index contributed by atoms with van der Waals surface area (Å²) in [7, 11) is 0. The average molecular weight is 262 g/mol. The summed E-state index contributed by atoms with van der Waals surface area (Å²) in [4.78, 5) is 0. The Kier molecular flexibility index (Phi) is 3.05. The van der Waals surface area contributed by atoms with Gasteiger partial charge in [-0.3, -0.25) is 0 Å². The summed E-state index contributed by atoms with van der Waals surface area (Å²) in [6.45, 7) is 11.1. The van der Waals surface area contributed by atoms with E-state index in [1.807, 2.05) is 0 Å². The van der Waals surface area contributed by atoms with Gasteiger partial charge in [0.25, 0.3) is 0 Å². The van der Waals surface area contributed by atoms with Crippen LogP contribution in [0.5, 0.6) is 0 Å². The van der Waals surface area contributed by atoms with Gasteiger partial charge in [0, 0.05) is 0 Å². The summed E-state index contributed by atoms with van der Waals surface area (Å²) in [6, 6.07) is 9.16. The first-order chi connectivity index (χ1) is 9.47. The van der Waals surface area contributed by atoms with Crippen molar-refractivity contribution in [1.29, 1.82) is 0 Å². The van der Waals surface area contributed by atoms with Crippen molar-refractivity contribution in [3.8, 4) is 11.1 Å². The van der Waals surface area contributed by atoms with E-state index < -0.39 is 0 Å². The molecule has 0 heteroatoms. The Balaban J connectivity index is 2.30. The molecule has 0 N–H and O–H groups in total. The van der Waals surface area contributed by atoms with Gasteiger partial charge in [-0.15, -0.1) is 0 Å². The highest BCUT2D eigenvalue weighted by Crippen LogP contribution is 2.38. The molecule has 0 aromatic heterocycles. The Hall–Kier alpha value is -1.82. The molecule has 0 spiro atoms. The Labute approximate surface area is 122 Å². The van der Waals surface area contributed by atoms with E-state index in [0.29, 0.717) is 0 Å². The maximum atomic E-state index is 2.37. The van der Waals surface area contributed by atoms with Gasteiger partial charge in [-0.25, -0.2) is 0 Å². The minimum atomic E-state index is 1.11. The molecular formula is C20H22. The smallest absolute Gasteiger partial charge is 0.00577 e. The summed E-state index contributed by atoms with van der Waals surface area (Å²) in [5, 5.41) is 0. The van der Waals surface area contributed by atoms with Gasteiger partial charge in [0.15, 0.2) is 0 Å². The summed E-state index contributed by atoms with van der Waals surface area (Å²) >= 11 is 0. The molecule has 0 radical (unpaired) electrons. The third-order valence-corrected chi connectivity index (χ3v) is 4.38. The van der Waals surface area contributed by atoms with E-state index in [1.54, 1.807) is 0 Å². The summed E-state index contributed by atoms with van der Waals surface area (Å²) in [6.07, 6.45) is 3.48. The normalized spacial score (nSPS) is 13.3. The standard InChI is InChI=1S/C20H22/c1-12-8-15(4)20(16(5)9-12)17-7-6-14(3)18-10-13(2)11-19(17)18/h6-9,11H,10H2,1-5H3. The minimum Gasteiger partial charge on any atom is -0.0683 e. The zero-order valence-corrected chi connectivity index (χ0v) is 13.1. The van der Waals surface area contributed by atoms with E-state index in [0.717, 1.165) is 6.42 Å². The van der Waals surface area contributed by atoms with Gasteiger partial charge in [-0.1, -0.05) is 41.5 Å². The SMILES string of the molecule is CC1=Cc2c(-c3c(C)cc(C)cc3C)ccc(C)c2C1. The lowest BCUT2D eigenvalue weighted by Gasteiger charge is -2.16. The van der Waals surface area contributed by atoms with Gasteiger partial charge in [-0.2, -0.15) is 0 Å². The van der Waals surface area contributed by atoms with E-state index in [-0.39, 0.29) is 0 Å².